The van der Waals surface area contributed by atoms with Gasteiger partial charge in [0.1, 0.15) is 23.0 Å². The van der Waals surface area contributed by atoms with Crippen LogP contribution < -0.4 is 15.5 Å². The first-order valence-electron chi connectivity index (χ1n) is 14.7. The number of hydrogen-bond acceptors (Lipinski definition) is 8. The van der Waals surface area contributed by atoms with Gasteiger partial charge in [-0.3, -0.25) is 29.3 Å². The molecule has 2 bridgehead atoms. The minimum Gasteiger partial charge on any atom is -0.487 e. The molecule has 2 aromatic rings. The fourth-order valence-corrected chi connectivity index (χ4v) is 6.07. The summed E-state index contributed by atoms with van der Waals surface area (Å²) in [4.78, 5) is 66.9. The van der Waals surface area contributed by atoms with Crippen molar-refractivity contribution in [3.63, 3.8) is 0 Å². The van der Waals surface area contributed by atoms with Gasteiger partial charge in [0.2, 0.25) is 12.0 Å². The number of benzene rings is 1. The highest BCUT2D eigenvalue weighted by atomic mass is 19.1. The average Bonchev–Trinajstić information content (AvgIpc) is 3.07. The first-order chi connectivity index (χ1) is 21.3. The summed E-state index contributed by atoms with van der Waals surface area (Å²) in [6.07, 6.45) is 2.32. The topological polar surface area (TPSA) is 150 Å². The number of nitro groups is 1. The lowest BCUT2D eigenvalue weighted by Gasteiger charge is -2.43. The number of esters is 1. The Morgan fingerprint density at radius 1 is 1.18 bits per heavy atom. The zero-order valence-electron chi connectivity index (χ0n) is 25.2. The van der Waals surface area contributed by atoms with Gasteiger partial charge in [0.05, 0.1) is 31.1 Å². The van der Waals surface area contributed by atoms with Gasteiger partial charge < -0.3 is 24.3 Å². The quantitative estimate of drug-likeness (QED) is 0.160. The molecule has 1 unspecified atom stereocenters. The monoisotopic (exact) mass is 636 g/mol. The Morgan fingerprint density at radius 3 is 2.49 bits per heavy atom. The molecule has 1 saturated heterocycles. The number of nitrogens with one attached hydrogen (secondary N) is 1. The number of carbonyl (C=O) groups is 3. The fourth-order valence-electron chi connectivity index (χ4n) is 6.07. The van der Waals surface area contributed by atoms with E-state index >= 15 is 0 Å². The Hall–Kier alpha value is -4.43. The SMILES string of the molecule is CCCCOc1c2n(cc(C(=O)NCc3c(F)cc(F)cc3F)c1=O)[C@@H]1CN(C2=O)[C@@H](C)CCC1(CC(=O)OCC)C[N+](=O)[O-]. The van der Waals surface area contributed by atoms with Crippen LogP contribution in [0, 0.1) is 33.0 Å². The molecule has 1 aromatic carbocycles. The second-order valence-corrected chi connectivity index (χ2v) is 11.4. The van der Waals surface area contributed by atoms with Crippen molar-refractivity contribution in [3.05, 3.63) is 72.9 Å². The lowest BCUT2D eigenvalue weighted by Crippen LogP contribution is -2.52. The highest BCUT2D eigenvalue weighted by Gasteiger charge is 2.53. The Balaban J connectivity index is 1.89. The number of carbonyl (C=O) groups excluding carboxylic acids is 3. The van der Waals surface area contributed by atoms with Gasteiger partial charge in [-0.2, -0.15) is 0 Å². The molecule has 15 heteroatoms. The zero-order valence-corrected chi connectivity index (χ0v) is 25.2. The van der Waals surface area contributed by atoms with Crippen molar-refractivity contribution in [2.24, 2.45) is 5.41 Å². The number of amides is 2. The number of ether oxygens (including phenoxy) is 2. The maximum absolute atomic E-state index is 14.3. The van der Waals surface area contributed by atoms with Crippen LogP contribution in [0.3, 0.4) is 0 Å². The van der Waals surface area contributed by atoms with Gasteiger partial charge in [-0.15, -0.1) is 0 Å². The van der Waals surface area contributed by atoms with Gasteiger partial charge in [-0.25, -0.2) is 13.2 Å². The Bertz CT molecular complexity index is 1540. The summed E-state index contributed by atoms with van der Waals surface area (Å²) in [6.45, 7) is 3.80. The molecule has 1 fully saturated rings. The number of rotatable bonds is 12. The van der Waals surface area contributed by atoms with Crippen LogP contribution in [-0.4, -0.2) is 64.5 Å². The summed E-state index contributed by atoms with van der Waals surface area (Å²) in [5, 5.41) is 14.3. The minimum absolute atomic E-state index is 0.00613. The van der Waals surface area contributed by atoms with Crippen LogP contribution in [0.5, 0.6) is 5.75 Å². The lowest BCUT2D eigenvalue weighted by molar-refractivity contribution is -0.500. The summed E-state index contributed by atoms with van der Waals surface area (Å²) < 4.78 is 54.2. The molecule has 0 saturated carbocycles. The van der Waals surface area contributed by atoms with E-state index in [4.69, 9.17) is 9.47 Å². The van der Waals surface area contributed by atoms with Gasteiger partial charge in [0.25, 0.3) is 11.8 Å². The van der Waals surface area contributed by atoms with E-state index in [0.29, 0.717) is 31.4 Å². The number of nitrogens with zero attached hydrogens (tertiary/aromatic N) is 3. The van der Waals surface area contributed by atoms with Crippen molar-refractivity contribution >= 4 is 17.8 Å². The Kier molecular flexibility index (Phi) is 10.2. The third kappa shape index (κ3) is 6.81. The van der Waals surface area contributed by atoms with Crippen LogP contribution in [0.25, 0.3) is 0 Å². The van der Waals surface area contributed by atoms with Crippen LogP contribution in [-0.2, 0) is 16.1 Å². The van der Waals surface area contributed by atoms with Crippen molar-refractivity contribution < 1.29 is 42.0 Å². The summed E-state index contributed by atoms with van der Waals surface area (Å²) in [7, 11) is 0. The largest absolute Gasteiger partial charge is 0.487 e. The van der Waals surface area contributed by atoms with Crippen LogP contribution in [0.4, 0.5) is 13.2 Å². The Morgan fingerprint density at radius 2 is 1.87 bits per heavy atom. The number of halogens is 3. The third-order valence-corrected chi connectivity index (χ3v) is 8.43. The molecule has 45 heavy (non-hydrogen) atoms. The van der Waals surface area contributed by atoms with E-state index in [1.165, 1.54) is 9.47 Å². The van der Waals surface area contributed by atoms with E-state index in [2.05, 4.69) is 5.32 Å². The molecule has 0 spiro atoms. The molecule has 1 N–H and O–H groups in total. The molecular formula is C30H35F3N4O8. The molecular weight excluding hydrogens is 601 g/mol. The number of pyridine rings is 1. The molecule has 244 valence electrons. The smallest absolute Gasteiger partial charge is 0.306 e. The molecule has 2 aliphatic heterocycles. The van der Waals surface area contributed by atoms with E-state index in [9.17, 15) is 42.5 Å². The summed E-state index contributed by atoms with van der Waals surface area (Å²) in [5.74, 6) is -6.45. The minimum atomic E-state index is -1.39. The van der Waals surface area contributed by atoms with Crippen LogP contribution in [0.2, 0.25) is 0 Å². The molecule has 12 nitrogen and oxygen atoms in total. The normalized spacial score (nSPS) is 20.7. The van der Waals surface area contributed by atoms with E-state index in [-0.39, 0.29) is 38.3 Å². The van der Waals surface area contributed by atoms with Crippen LogP contribution in [0.1, 0.15) is 85.3 Å². The fraction of sp³-hybridized carbons (Fsp3) is 0.533. The second-order valence-electron chi connectivity index (χ2n) is 11.4. The van der Waals surface area contributed by atoms with E-state index in [1.807, 2.05) is 6.92 Å². The molecule has 1 aromatic heterocycles. The number of aromatic nitrogens is 1. The van der Waals surface area contributed by atoms with Crippen molar-refractivity contribution in [2.75, 3.05) is 26.3 Å². The second kappa shape index (κ2) is 13.7. The van der Waals surface area contributed by atoms with Crippen LogP contribution in [0.15, 0.2) is 23.1 Å². The molecule has 3 atom stereocenters. The van der Waals surface area contributed by atoms with Crippen LogP contribution >= 0.6 is 0 Å². The zero-order chi connectivity index (χ0) is 33.1. The Labute approximate surface area is 256 Å². The molecule has 0 radical (unpaired) electrons. The molecule has 2 aliphatic rings. The first kappa shape index (κ1) is 33.5. The molecule has 2 amide bonds. The van der Waals surface area contributed by atoms with Crippen molar-refractivity contribution in [1.29, 1.82) is 0 Å². The third-order valence-electron chi connectivity index (χ3n) is 8.43. The predicted molar refractivity (Wildman–Crippen MR) is 153 cm³/mol. The van der Waals surface area contributed by atoms with E-state index < -0.39 is 93.1 Å². The maximum Gasteiger partial charge on any atom is 0.306 e. The van der Waals surface area contributed by atoms with Crippen molar-refractivity contribution in [2.45, 2.75) is 71.5 Å². The first-order valence-corrected chi connectivity index (χ1v) is 14.7. The average molecular weight is 637 g/mol. The lowest BCUT2D eigenvalue weighted by atomic mass is 9.73. The number of hydrogen-bond donors (Lipinski definition) is 1. The molecule has 3 heterocycles. The standard InChI is InChI=1S/C30H35F3N4O8/c1-4-6-9-45-27-25-29(41)35-15-23(30(16-37(42)43,8-7-17(35)3)12-24(38)44-5-2)36(25)14-20(26(27)39)28(40)34-13-19-21(32)10-18(31)11-22(19)33/h10-11,14,17,23H,4-9,12-13,15-16H2,1-3H3,(H,34,40)/t17-,23+,30?/m0/s1. The van der Waals surface area contributed by atoms with Crippen molar-refractivity contribution in [1.82, 2.24) is 14.8 Å². The van der Waals surface area contributed by atoms with Crippen molar-refractivity contribution in [3.8, 4) is 5.75 Å². The summed E-state index contributed by atoms with van der Waals surface area (Å²) in [5.41, 5.74) is -3.79. The maximum atomic E-state index is 14.3. The van der Waals surface area contributed by atoms with Gasteiger partial charge >= 0.3 is 5.97 Å². The van der Waals surface area contributed by atoms with Gasteiger partial charge in [0, 0.05) is 47.9 Å². The predicted octanol–water partition coefficient (Wildman–Crippen LogP) is 3.77. The van der Waals surface area contributed by atoms with E-state index in [0.717, 1.165) is 6.20 Å². The number of unbranched alkanes of at least 4 members (excludes halogenated alkanes) is 1. The highest BCUT2D eigenvalue weighted by molar-refractivity contribution is 5.99. The number of fused-ring (bicyclic) bond motifs is 4. The van der Waals surface area contributed by atoms with Gasteiger partial charge in [0.15, 0.2) is 11.4 Å². The summed E-state index contributed by atoms with van der Waals surface area (Å²) in [6, 6.07) is -0.480. The summed E-state index contributed by atoms with van der Waals surface area (Å²) >= 11 is 0. The van der Waals surface area contributed by atoms with Gasteiger partial charge in [-0.05, 0) is 33.1 Å². The molecule has 4 rings (SSSR count). The van der Waals surface area contributed by atoms with E-state index in [1.54, 1.807) is 13.8 Å². The highest BCUT2D eigenvalue weighted by Crippen LogP contribution is 2.48. The van der Waals surface area contributed by atoms with Gasteiger partial charge in [-0.1, -0.05) is 13.3 Å². The molecule has 0 aliphatic carbocycles.